The molecule has 5 heteroatoms. The van der Waals surface area contributed by atoms with Crippen molar-refractivity contribution in [3.8, 4) is 0 Å². The van der Waals surface area contributed by atoms with Gasteiger partial charge in [-0.1, -0.05) is 0 Å². The van der Waals surface area contributed by atoms with Gasteiger partial charge in [-0.25, -0.2) is 0 Å². The number of hydrogen-bond donors (Lipinski definition) is 0. The first-order valence-corrected chi connectivity index (χ1v) is 2.37. The summed E-state index contributed by atoms with van der Waals surface area (Å²) in [6.45, 7) is 0. The fourth-order valence-electron chi connectivity index (χ4n) is 0. The maximum atomic E-state index is 4.57. The molecule has 0 fully saturated rings. The minimum atomic E-state index is 0. The van der Waals surface area contributed by atoms with Crippen molar-refractivity contribution in [3.05, 3.63) is 0 Å². The van der Waals surface area contributed by atoms with Crippen molar-refractivity contribution in [1.29, 1.82) is 0 Å². The molecule has 0 saturated carbocycles. The van der Waals surface area contributed by atoms with Gasteiger partial charge >= 0.3 is 27.0 Å². The number of rotatable bonds is 0. The molecule has 0 saturated heterocycles. The van der Waals surface area contributed by atoms with E-state index in [0.717, 1.165) is 0 Å². The van der Waals surface area contributed by atoms with Crippen molar-refractivity contribution in [1.82, 2.24) is 0 Å². The minimum absolute atomic E-state index is 0. The average molecular weight is 191 g/mol. The Morgan fingerprint density at radius 1 is 0.800 bits per heavy atom. The normalized spacial score (nSPS) is 1.20. The van der Waals surface area contributed by atoms with E-state index in [9.17, 15) is 0 Å². The van der Waals surface area contributed by atoms with Crippen LogP contribution in [0.15, 0.2) is 0 Å². The van der Waals surface area contributed by atoms with Crippen molar-refractivity contribution in [3.63, 3.8) is 0 Å². The number of halogens is 1. The Labute approximate surface area is 44.0 Å². The summed E-state index contributed by atoms with van der Waals surface area (Å²) in [5, 5.41) is 0. The van der Waals surface area contributed by atoms with Gasteiger partial charge in [0.1, 0.15) is 0 Å². The van der Waals surface area contributed by atoms with Crippen LogP contribution in [0.3, 0.4) is 0 Å². The Bertz CT molecular complexity index is 6.85. The molecule has 0 aromatic carbocycles. The molecule has 0 aliphatic heterocycles. The SMILES string of the molecule is O.O.O.[Cl][Ru]. The zero-order chi connectivity index (χ0) is 2.00. The van der Waals surface area contributed by atoms with Crippen LogP contribution >= 0.6 is 9.69 Å². The van der Waals surface area contributed by atoms with E-state index in [0.29, 0.717) is 0 Å². The summed E-state index contributed by atoms with van der Waals surface area (Å²) in [7, 11) is 4.57. The van der Waals surface area contributed by atoms with Crippen molar-refractivity contribution < 1.29 is 33.7 Å². The Hall–Kier alpha value is 0.793. The summed E-state index contributed by atoms with van der Waals surface area (Å²) < 4.78 is 0. The number of hydrogen-bond acceptors (Lipinski definition) is 0. The fraction of sp³-hybridized carbons (Fsp3) is 0. The standard InChI is InChI=1S/ClH.3H2O.Ru/h1H;3*1H2;/q;;;;+1/p-1. The summed E-state index contributed by atoms with van der Waals surface area (Å²) in [6.07, 6.45) is 0. The molecule has 0 heterocycles. The van der Waals surface area contributed by atoms with Gasteiger partial charge in [0.2, 0.25) is 0 Å². The van der Waals surface area contributed by atoms with Crippen LogP contribution in [0, 0.1) is 0 Å². The predicted molar refractivity (Wildman–Crippen MR) is 16.7 cm³/mol. The van der Waals surface area contributed by atoms with E-state index in [1.165, 1.54) is 0 Å². The first-order chi connectivity index (χ1) is 1.00. The fourth-order valence-corrected chi connectivity index (χ4v) is 0. The third kappa shape index (κ3) is 59.4. The molecule has 0 aromatic heterocycles. The van der Waals surface area contributed by atoms with Crippen LogP contribution in [0.25, 0.3) is 0 Å². The molecule has 39 valence electrons. The molecule has 0 spiro atoms. The van der Waals surface area contributed by atoms with Crippen LogP contribution < -0.4 is 0 Å². The monoisotopic (exact) mass is 191 g/mol. The van der Waals surface area contributed by atoms with Gasteiger partial charge in [0.15, 0.2) is 0 Å². The zero-order valence-corrected chi connectivity index (χ0v) is 4.73. The summed E-state index contributed by atoms with van der Waals surface area (Å²) in [4.78, 5) is 0. The first-order valence-electron chi connectivity index (χ1n) is 0.134. The second-order valence-electron chi connectivity index (χ2n) is 0. The summed E-state index contributed by atoms with van der Waals surface area (Å²) in [5.41, 5.74) is 0. The average Bonchev–Trinajstić information content (AvgIpc) is 1.00. The van der Waals surface area contributed by atoms with E-state index in [-0.39, 0.29) is 16.4 Å². The van der Waals surface area contributed by atoms with Gasteiger partial charge in [-0.15, -0.1) is 0 Å². The van der Waals surface area contributed by atoms with Crippen molar-refractivity contribution in [2.75, 3.05) is 0 Å². The zero-order valence-electron chi connectivity index (χ0n) is 2.23. The molecule has 0 aliphatic carbocycles. The first kappa shape index (κ1) is 41.4. The van der Waals surface area contributed by atoms with Gasteiger partial charge < -0.3 is 16.4 Å². The van der Waals surface area contributed by atoms with Gasteiger partial charge in [-0.3, -0.25) is 0 Å². The molecule has 5 heavy (non-hydrogen) atoms. The van der Waals surface area contributed by atoms with E-state index >= 15 is 0 Å². The third-order valence-corrected chi connectivity index (χ3v) is 0. The second kappa shape index (κ2) is 110. The molecule has 0 atom stereocenters. The van der Waals surface area contributed by atoms with Crippen LogP contribution in [0.5, 0.6) is 0 Å². The molecule has 0 unspecified atom stereocenters. The van der Waals surface area contributed by atoms with Gasteiger partial charge in [0, 0.05) is 0 Å². The molecule has 3 nitrogen and oxygen atoms in total. The molecule has 0 rings (SSSR count). The predicted octanol–water partition coefficient (Wildman–Crippen LogP) is -1.79. The van der Waals surface area contributed by atoms with Crippen LogP contribution in [0.1, 0.15) is 0 Å². The Balaban J connectivity index is -0.00000000167. The van der Waals surface area contributed by atoms with Crippen molar-refractivity contribution in [2.24, 2.45) is 0 Å². The Kier molecular flexibility index (Phi) is 907. The summed E-state index contributed by atoms with van der Waals surface area (Å²) >= 11 is 1.82. The van der Waals surface area contributed by atoms with E-state index in [2.05, 4.69) is 9.69 Å². The van der Waals surface area contributed by atoms with Crippen LogP contribution in [0.4, 0.5) is 0 Å². The third-order valence-electron chi connectivity index (χ3n) is 0. The van der Waals surface area contributed by atoms with E-state index in [1.54, 1.807) is 0 Å². The van der Waals surface area contributed by atoms with Gasteiger partial charge in [0.25, 0.3) is 0 Å². The topological polar surface area (TPSA) is 94.5 Å². The van der Waals surface area contributed by atoms with Gasteiger partial charge in [-0.05, 0) is 0 Å². The van der Waals surface area contributed by atoms with Gasteiger partial charge in [0.05, 0.1) is 0 Å². The molecule has 0 bridgehead atoms. The molecular formula is H6ClO3Ru. The molecule has 6 N–H and O–H groups in total. The van der Waals surface area contributed by atoms with Crippen molar-refractivity contribution in [2.45, 2.75) is 0 Å². The van der Waals surface area contributed by atoms with Gasteiger partial charge in [-0.2, -0.15) is 0 Å². The molecule has 0 aromatic rings. The van der Waals surface area contributed by atoms with Crippen LogP contribution in [-0.4, -0.2) is 16.4 Å². The Morgan fingerprint density at radius 2 is 0.800 bits per heavy atom. The van der Waals surface area contributed by atoms with E-state index < -0.39 is 0 Å². The van der Waals surface area contributed by atoms with Crippen LogP contribution in [0.2, 0.25) is 0 Å². The Morgan fingerprint density at radius 3 is 0.800 bits per heavy atom. The summed E-state index contributed by atoms with van der Waals surface area (Å²) in [5.74, 6) is 0. The second-order valence-corrected chi connectivity index (χ2v) is 0. The molecule has 0 aliphatic rings. The summed E-state index contributed by atoms with van der Waals surface area (Å²) in [6, 6.07) is 0. The van der Waals surface area contributed by atoms with E-state index in [4.69, 9.17) is 0 Å². The van der Waals surface area contributed by atoms with Crippen molar-refractivity contribution >= 4 is 9.69 Å². The quantitative estimate of drug-likeness (QED) is 0.404. The van der Waals surface area contributed by atoms with E-state index in [1.807, 2.05) is 17.3 Å². The maximum absolute atomic E-state index is 4.57. The van der Waals surface area contributed by atoms with Crippen LogP contribution in [-0.2, 0) is 17.3 Å². The molecule has 0 radical (unpaired) electrons. The molecular weight excluding hydrogens is 185 g/mol. The molecule has 0 amide bonds.